The molecule has 1 N–H and O–H groups in total. The fourth-order valence-corrected chi connectivity index (χ4v) is 3.53. The summed E-state index contributed by atoms with van der Waals surface area (Å²) < 4.78 is 5.52. The monoisotopic (exact) mass is 400 g/mol. The molecule has 0 aliphatic carbocycles. The number of nitrogens with one attached hydrogen (secondary N) is 1. The van der Waals surface area contributed by atoms with Crippen LogP contribution in [0.1, 0.15) is 28.9 Å². The molecule has 1 aromatic carbocycles. The Hall–Kier alpha value is -2.33. The minimum Gasteiger partial charge on any atom is -0.444 e. The van der Waals surface area contributed by atoms with Crippen LogP contribution in [0.15, 0.2) is 28.7 Å². The molecule has 2 heterocycles. The first-order valence-corrected chi connectivity index (χ1v) is 9.83. The van der Waals surface area contributed by atoms with Crippen molar-refractivity contribution in [3.8, 4) is 6.07 Å². The first-order valence-electron chi connectivity index (χ1n) is 9.45. The predicted octanol–water partition coefficient (Wildman–Crippen LogP) is 3.57. The van der Waals surface area contributed by atoms with E-state index in [2.05, 4.69) is 33.3 Å². The van der Waals surface area contributed by atoms with Crippen molar-refractivity contribution in [3.05, 3.63) is 51.7 Å². The van der Waals surface area contributed by atoms with Crippen LogP contribution in [-0.2, 0) is 11.3 Å². The summed E-state index contributed by atoms with van der Waals surface area (Å²) in [5.41, 5.74) is 2.41. The number of aryl methyl sites for hydroxylation is 1. The average molecular weight is 401 g/mol. The lowest BCUT2D eigenvalue weighted by atomic mass is 10.2. The lowest BCUT2D eigenvalue weighted by molar-refractivity contribution is -0.117. The van der Waals surface area contributed by atoms with Gasteiger partial charge in [-0.1, -0.05) is 23.7 Å². The molecule has 1 aromatic heterocycles. The molecule has 1 fully saturated rings. The number of amides is 1. The Bertz CT molecular complexity index is 870. The van der Waals surface area contributed by atoms with E-state index >= 15 is 0 Å². The maximum atomic E-state index is 12.4. The number of nitrogens with zero attached hydrogens (tertiary/aromatic N) is 3. The molecule has 1 amide bonds. The van der Waals surface area contributed by atoms with Gasteiger partial charge in [0.05, 0.1) is 6.54 Å². The standard InChI is InChI=1S/C21H25ClN4O2/c1-15-16(2)28-21(19(15)12-23)24-20(27)14-26-9-3-8-25(10-11-26)13-17-4-6-18(22)7-5-17/h4-7H,3,8-11,13-14H2,1-2H3,(H,24,27). The normalized spacial score (nSPS) is 15.8. The van der Waals surface area contributed by atoms with Crippen molar-refractivity contribution in [1.82, 2.24) is 9.80 Å². The summed E-state index contributed by atoms with van der Waals surface area (Å²) in [4.78, 5) is 17.0. The van der Waals surface area contributed by atoms with E-state index < -0.39 is 0 Å². The molecule has 1 saturated heterocycles. The summed E-state index contributed by atoms with van der Waals surface area (Å²) in [5.74, 6) is 0.748. The molecular formula is C21H25ClN4O2. The zero-order valence-electron chi connectivity index (χ0n) is 16.3. The smallest absolute Gasteiger partial charge is 0.240 e. The number of hydrogen-bond donors (Lipinski definition) is 1. The van der Waals surface area contributed by atoms with Gasteiger partial charge in [-0.3, -0.25) is 19.9 Å². The molecule has 7 heteroatoms. The minimum absolute atomic E-state index is 0.156. The second kappa shape index (κ2) is 9.24. The zero-order valence-corrected chi connectivity index (χ0v) is 17.1. The molecule has 2 aromatic rings. The largest absolute Gasteiger partial charge is 0.444 e. The minimum atomic E-state index is -0.156. The van der Waals surface area contributed by atoms with E-state index in [1.807, 2.05) is 19.1 Å². The van der Waals surface area contributed by atoms with E-state index in [0.717, 1.165) is 49.7 Å². The fourth-order valence-electron chi connectivity index (χ4n) is 3.41. The molecule has 0 saturated carbocycles. The highest BCUT2D eigenvalue weighted by Crippen LogP contribution is 2.25. The van der Waals surface area contributed by atoms with E-state index in [4.69, 9.17) is 16.0 Å². The van der Waals surface area contributed by atoms with Crippen LogP contribution in [0.4, 0.5) is 5.88 Å². The van der Waals surface area contributed by atoms with Crippen molar-refractivity contribution in [1.29, 1.82) is 5.26 Å². The number of hydrogen-bond acceptors (Lipinski definition) is 5. The van der Waals surface area contributed by atoms with Gasteiger partial charge in [0.2, 0.25) is 11.8 Å². The molecule has 6 nitrogen and oxygen atoms in total. The van der Waals surface area contributed by atoms with E-state index in [-0.39, 0.29) is 11.8 Å². The van der Waals surface area contributed by atoms with Gasteiger partial charge in [0.15, 0.2) is 0 Å². The van der Waals surface area contributed by atoms with Crippen molar-refractivity contribution >= 4 is 23.4 Å². The molecule has 0 atom stereocenters. The van der Waals surface area contributed by atoms with Crippen molar-refractivity contribution in [2.75, 3.05) is 38.0 Å². The number of nitriles is 1. The van der Waals surface area contributed by atoms with E-state index in [0.29, 0.717) is 17.9 Å². The van der Waals surface area contributed by atoms with Gasteiger partial charge in [-0.2, -0.15) is 5.26 Å². The molecular weight excluding hydrogens is 376 g/mol. The van der Waals surface area contributed by atoms with E-state index in [9.17, 15) is 10.1 Å². The fraction of sp³-hybridized carbons (Fsp3) is 0.429. The zero-order chi connectivity index (χ0) is 20.1. The van der Waals surface area contributed by atoms with Gasteiger partial charge >= 0.3 is 0 Å². The molecule has 1 aliphatic rings. The Labute approximate surface area is 170 Å². The third kappa shape index (κ3) is 5.14. The molecule has 3 rings (SSSR count). The molecule has 0 spiro atoms. The van der Waals surface area contributed by atoms with Crippen LogP contribution in [0.5, 0.6) is 0 Å². The number of halogens is 1. The molecule has 0 radical (unpaired) electrons. The van der Waals surface area contributed by atoms with Crippen LogP contribution >= 0.6 is 11.6 Å². The average Bonchev–Trinajstić information content (AvgIpc) is 2.81. The van der Waals surface area contributed by atoms with Crippen LogP contribution < -0.4 is 5.32 Å². The second-order valence-corrected chi connectivity index (χ2v) is 7.62. The Morgan fingerprint density at radius 1 is 1.18 bits per heavy atom. The number of benzene rings is 1. The quantitative estimate of drug-likeness (QED) is 0.830. The lowest BCUT2D eigenvalue weighted by Gasteiger charge is -2.21. The van der Waals surface area contributed by atoms with Gasteiger partial charge in [-0.05, 0) is 51.1 Å². The van der Waals surface area contributed by atoms with Crippen molar-refractivity contribution in [2.24, 2.45) is 0 Å². The van der Waals surface area contributed by atoms with Gasteiger partial charge in [0, 0.05) is 30.2 Å². The number of rotatable bonds is 5. The van der Waals surface area contributed by atoms with Gasteiger partial charge in [0.1, 0.15) is 17.4 Å². The number of carbonyl (C=O) groups is 1. The van der Waals surface area contributed by atoms with Crippen LogP contribution in [-0.4, -0.2) is 48.4 Å². The maximum absolute atomic E-state index is 12.4. The second-order valence-electron chi connectivity index (χ2n) is 7.18. The summed E-state index contributed by atoms with van der Waals surface area (Å²) in [6.45, 7) is 8.36. The van der Waals surface area contributed by atoms with E-state index in [1.54, 1.807) is 6.92 Å². The number of carbonyl (C=O) groups excluding carboxylic acids is 1. The first-order chi connectivity index (χ1) is 13.5. The van der Waals surface area contributed by atoms with Crippen molar-refractivity contribution in [3.63, 3.8) is 0 Å². The third-order valence-corrected chi connectivity index (χ3v) is 5.37. The van der Waals surface area contributed by atoms with Gasteiger partial charge < -0.3 is 4.42 Å². The molecule has 0 unspecified atom stereocenters. The van der Waals surface area contributed by atoms with Gasteiger partial charge in [-0.15, -0.1) is 0 Å². The summed E-state index contributed by atoms with van der Waals surface area (Å²) in [5, 5.41) is 12.8. The van der Waals surface area contributed by atoms with Crippen LogP contribution in [0.25, 0.3) is 0 Å². The summed E-state index contributed by atoms with van der Waals surface area (Å²) in [7, 11) is 0. The van der Waals surface area contributed by atoms with E-state index in [1.165, 1.54) is 5.56 Å². The summed E-state index contributed by atoms with van der Waals surface area (Å²) in [6, 6.07) is 10.0. The number of furan rings is 1. The van der Waals surface area contributed by atoms with Crippen molar-refractivity contribution in [2.45, 2.75) is 26.8 Å². The highest BCUT2D eigenvalue weighted by molar-refractivity contribution is 6.30. The summed E-state index contributed by atoms with van der Waals surface area (Å²) >= 11 is 5.95. The Morgan fingerprint density at radius 2 is 1.86 bits per heavy atom. The molecule has 148 valence electrons. The number of anilines is 1. The predicted molar refractivity (Wildman–Crippen MR) is 109 cm³/mol. The van der Waals surface area contributed by atoms with Crippen LogP contribution in [0, 0.1) is 25.2 Å². The third-order valence-electron chi connectivity index (χ3n) is 5.12. The summed E-state index contributed by atoms with van der Waals surface area (Å²) in [6.07, 6.45) is 1.00. The van der Waals surface area contributed by atoms with Crippen LogP contribution in [0.2, 0.25) is 5.02 Å². The topological polar surface area (TPSA) is 72.5 Å². The molecule has 1 aliphatic heterocycles. The Balaban J connectivity index is 1.52. The SMILES string of the molecule is Cc1oc(NC(=O)CN2CCCN(Cc3ccc(Cl)cc3)CC2)c(C#N)c1C. The first kappa shape index (κ1) is 20.4. The van der Waals surface area contributed by atoms with Gasteiger partial charge in [0.25, 0.3) is 0 Å². The highest BCUT2D eigenvalue weighted by Gasteiger charge is 2.20. The highest BCUT2D eigenvalue weighted by atomic mass is 35.5. The van der Waals surface area contributed by atoms with Crippen molar-refractivity contribution < 1.29 is 9.21 Å². The lowest BCUT2D eigenvalue weighted by Crippen LogP contribution is -2.36. The molecule has 0 bridgehead atoms. The van der Waals surface area contributed by atoms with Crippen LogP contribution in [0.3, 0.4) is 0 Å². The Kier molecular flexibility index (Phi) is 6.74. The molecule has 28 heavy (non-hydrogen) atoms. The van der Waals surface area contributed by atoms with Gasteiger partial charge in [-0.25, -0.2) is 0 Å². The maximum Gasteiger partial charge on any atom is 0.240 e. The Morgan fingerprint density at radius 3 is 2.57 bits per heavy atom.